The number of aromatic nitrogens is 2. The van der Waals surface area contributed by atoms with E-state index in [4.69, 9.17) is 16.3 Å². The molecule has 0 aliphatic carbocycles. The second-order valence-corrected chi connectivity index (χ2v) is 5.65. The molecule has 1 unspecified atom stereocenters. The molecule has 1 amide bonds. The number of carbonyl (C=O) groups excluding carboxylic acids is 1. The van der Waals surface area contributed by atoms with Gasteiger partial charge in [0.25, 0.3) is 0 Å². The van der Waals surface area contributed by atoms with Crippen molar-refractivity contribution >= 4 is 28.9 Å². The molecule has 1 atom stereocenters. The van der Waals surface area contributed by atoms with Crippen molar-refractivity contribution in [3.8, 4) is 5.75 Å². The fourth-order valence-corrected chi connectivity index (χ4v) is 2.25. The molecule has 23 heavy (non-hydrogen) atoms. The van der Waals surface area contributed by atoms with Gasteiger partial charge >= 0.3 is 0 Å². The zero-order valence-electron chi connectivity index (χ0n) is 13.7. The molecular formula is C16H21ClN4O2. The number of anilines is 2. The highest BCUT2D eigenvalue weighted by molar-refractivity contribution is 6.31. The summed E-state index contributed by atoms with van der Waals surface area (Å²) in [6.07, 6.45) is 3.55. The molecule has 0 fully saturated rings. The summed E-state index contributed by atoms with van der Waals surface area (Å²) >= 11 is 6.07. The van der Waals surface area contributed by atoms with Gasteiger partial charge in [0.15, 0.2) is 0 Å². The summed E-state index contributed by atoms with van der Waals surface area (Å²) in [5.74, 6) is 0.356. The van der Waals surface area contributed by atoms with Crippen molar-refractivity contribution in [2.75, 3.05) is 17.7 Å². The minimum absolute atomic E-state index is 0.172. The number of rotatable bonds is 6. The Bertz CT molecular complexity index is 699. The van der Waals surface area contributed by atoms with Gasteiger partial charge < -0.3 is 15.4 Å². The van der Waals surface area contributed by atoms with Gasteiger partial charge in [-0.2, -0.15) is 5.10 Å². The molecule has 0 aliphatic heterocycles. The normalized spacial score (nSPS) is 11.9. The Morgan fingerprint density at radius 3 is 2.83 bits per heavy atom. The first kappa shape index (κ1) is 17.1. The summed E-state index contributed by atoms with van der Waals surface area (Å²) in [6, 6.07) is 3.06. The van der Waals surface area contributed by atoms with Crippen LogP contribution in [0.3, 0.4) is 0 Å². The zero-order chi connectivity index (χ0) is 17.0. The minimum atomic E-state index is -0.426. The van der Waals surface area contributed by atoms with Crippen LogP contribution in [0, 0.1) is 6.92 Å². The fourth-order valence-electron chi connectivity index (χ4n) is 2.10. The van der Waals surface area contributed by atoms with Gasteiger partial charge in [0, 0.05) is 23.8 Å². The van der Waals surface area contributed by atoms with Crippen molar-refractivity contribution in [1.82, 2.24) is 9.78 Å². The summed E-state index contributed by atoms with van der Waals surface area (Å²) in [6.45, 7) is 6.44. The van der Waals surface area contributed by atoms with Crippen molar-refractivity contribution in [1.29, 1.82) is 0 Å². The Kier molecular flexibility index (Phi) is 5.50. The molecule has 1 heterocycles. The van der Waals surface area contributed by atoms with Gasteiger partial charge in [0.1, 0.15) is 11.8 Å². The van der Waals surface area contributed by atoms with Crippen LogP contribution in [-0.4, -0.2) is 28.8 Å². The SMILES string of the molecule is CCn1cc(NC(C)C(=O)Nc2cc(C)c(Cl)cc2OC)cn1. The second kappa shape index (κ2) is 7.37. The lowest BCUT2D eigenvalue weighted by Crippen LogP contribution is -2.31. The summed E-state index contributed by atoms with van der Waals surface area (Å²) in [5.41, 5.74) is 2.26. The molecule has 0 bridgehead atoms. The molecular weight excluding hydrogens is 316 g/mol. The molecule has 7 heteroatoms. The molecule has 0 spiro atoms. The molecule has 1 aromatic carbocycles. The first-order chi connectivity index (χ1) is 10.9. The smallest absolute Gasteiger partial charge is 0.246 e. The van der Waals surface area contributed by atoms with Crippen molar-refractivity contribution in [2.24, 2.45) is 0 Å². The van der Waals surface area contributed by atoms with Gasteiger partial charge in [-0.15, -0.1) is 0 Å². The van der Waals surface area contributed by atoms with Crippen LogP contribution in [0.25, 0.3) is 0 Å². The molecule has 0 saturated carbocycles. The molecule has 0 aliphatic rings. The highest BCUT2D eigenvalue weighted by Gasteiger charge is 2.16. The number of amides is 1. The average molecular weight is 337 g/mol. The number of carbonyl (C=O) groups is 1. The van der Waals surface area contributed by atoms with Crippen molar-refractivity contribution < 1.29 is 9.53 Å². The van der Waals surface area contributed by atoms with Crippen LogP contribution in [0.2, 0.25) is 5.02 Å². The quantitative estimate of drug-likeness (QED) is 0.849. The predicted octanol–water partition coefficient (Wildman–Crippen LogP) is 3.31. The Morgan fingerprint density at radius 2 is 2.22 bits per heavy atom. The van der Waals surface area contributed by atoms with Crippen molar-refractivity contribution in [2.45, 2.75) is 33.4 Å². The van der Waals surface area contributed by atoms with E-state index in [1.807, 2.05) is 20.0 Å². The Morgan fingerprint density at radius 1 is 1.48 bits per heavy atom. The van der Waals surface area contributed by atoms with E-state index >= 15 is 0 Å². The van der Waals surface area contributed by atoms with Crippen LogP contribution in [0.4, 0.5) is 11.4 Å². The van der Waals surface area contributed by atoms with Gasteiger partial charge in [-0.05, 0) is 32.4 Å². The van der Waals surface area contributed by atoms with Crippen LogP contribution in [0.15, 0.2) is 24.5 Å². The van der Waals surface area contributed by atoms with Gasteiger partial charge in [-0.3, -0.25) is 9.48 Å². The molecule has 124 valence electrons. The van der Waals surface area contributed by atoms with Gasteiger partial charge in [-0.1, -0.05) is 11.6 Å². The predicted molar refractivity (Wildman–Crippen MR) is 92.4 cm³/mol. The topological polar surface area (TPSA) is 68.2 Å². The highest BCUT2D eigenvalue weighted by Crippen LogP contribution is 2.31. The van der Waals surface area contributed by atoms with Crippen LogP contribution in [-0.2, 0) is 11.3 Å². The van der Waals surface area contributed by atoms with Gasteiger partial charge in [-0.25, -0.2) is 0 Å². The van der Waals surface area contributed by atoms with E-state index in [1.54, 1.807) is 29.9 Å². The molecule has 0 saturated heterocycles. The zero-order valence-corrected chi connectivity index (χ0v) is 14.4. The number of benzene rings is 1. The lowest BCUT2D eigenvalue weighted by atomic mass is 10.2. The molecule has 2 N–H and O–H groups in total. The van der Waals surface area contributed by atoms with E-state index in [0.29, 0.717) is 16.5 Å². The van der Waals surface area contributed by atoms with Crippen molar-refractivity contribution in [3.05, 3.63) is 35.1 Å². The van der Waals surface area contributed by atoms with E-state index < -0.39 is 6.04 Å². The molecule has 0 radical (unpaired) electrons. The number of methoxy groups -OCH3 is 1. The number of nitrogens with zero attached hydrogens (tertiary/aromatic N) is 2. The molecule has 2 aromatic rings. The Balaban J connectivity index is 2.07. The van der Waals surface area contributed by atoms with Crippen LogP contribution in [0.5, 0.6) is 5.75 Å². The largest absolute Gasteiger partial charge is 0.495 e. The first-order valence-electron chi connectivity index (χ1n) is 7.38. The standard InChI is InChI=1S/C16H21ClN4O2/c1-5-21-9-12(8-18-21)19-11(3)16(22)20-14-6-10(2)13(17)7-15(14)23-4/h6-9,11,19H,5H2,1-4H3,(H,20,22). The van der Waals surface area contributed by atoms with E-state index in [0.717, 1.165) is 17.8 Å². The third kappa shape index (κ3) is 4.16. The number of nitrogens with one attached hydrogen (secondary N) is 2. The third-order valence-corrected chi connectivity index (χ3v) is 3.88. The highest BCUT2D eigenvalue weighted by atomic mass is 35.5. The summed E-state index contributed by atoms with van der Waals surface area (Å²) in [4.78, 5) is 12.4. The monoisotopic (exact) mass is 336 g/mol. The number of hydrogen-bond acceptors (Lipinski definition) is 4. The maximum atomic E-state index is 12.4. The lowest BCUT2D eigenvalue weighted by Gasteiger charge is -2.16. The van der Waals surface area contributed by atoms with Gasteiger partial charge in [0.05, 0.1) is 24.7 Å². The van der Waals surface area contributed by atoms with Gasteiger partial charge in [0.2, 0.25) is 5.91 Å². The Labute approximate surface area is 140 Å². The fraction of sp³-hybridized carbons (Fsp3) is 0.375. The van der Waals surface area contributed by atoms with E-state index in [1.165, 1.54) is 7.11 Å². The molecule has 2 rings (SSSR count). The summed E-state index contributed by atoms with van der Waals surface area (Å²) < 4.78 is 7.06. The maximum absolute atomic E-state index is 12.4. The molecule has 6 nitrogen and oxygen atoms in total. The average Bonchev–Trinajstić information content (AvgIpc) is 2.98. The summed E-state index contributed by atoms with van der Waals surface area (Å²) in [7, 11) is 1.54. The van der Waals surface area contributed by atoms with Crippen LogP contribution < -0.4 is 15.4 Å². The van der Waals surface area contributed by atoms with E-state index in [9.17, 15) is 4.79 Å². The number of halogens is 1. The van der Waals surface area contributed by atoms with E-state index in [2.05, 4.69) is 15.7 Å². The summed E-state index contributed by atoms with van der Waals surface area (Å²) in [5, 5.41) is 10.7. The van der Waals surface area contributed by atoms with Crippen molar-refractivity contribution in [3.63, 3.8) is 0 Å². The number of hydrogen-bond donors (Lipinski definition) is 2. The first-order valence-corrected chi connectivity index (χ1v) is 7.76. The minimum Gasteiger partial charge on any atom is -0.495 e. The third-order valence-electron chi connectivity index (χ3n) is 3.47. The van der Waals surface area contributed by atoms with E-state index in [-0.39, 0.29) is 5.91 Å². The lowest BCUT2D eigenvalue weighted by molar-refractivity contribution is -0.116. The second-order valence-electron chi connectivity index (χ2n) is 5.24. The maximum Gasteiger partial charge on any atom is 0.246 e. The molecule has 1 aromatic heterocycles. The number of aryl methyl sites for hydroxylation is 2. The number of ether oxygens (including phenoxy) is 1. The van der Waals surface area contributed by atoms with Crippen LogP contribution >= 0.6 is 11.6 Å². The Hall–Kier alpha value is -2.21. The van der Waals surface area contributed by atoms with Crippen LogP contribution in [0.1, 0.15) is 19.4 Å².